The predicted molar refractivity (Wildman–Crippen MR) is 87.9 cm³/mol. The van der Waals surface area contributed by atoms with Crippen LogP contribution in [0.25, 0.3) is 11.3 Å². The number of hydrogen-bond donors (Lipinski definition) is 1. The fourth-order valence-electron chi connectivity index (χ4n) is 2.39. The van der Waals surface area contributed by atoms with Gasteiger partial charge in [-0.15, -0.1) is 0 Å². The second-order valence-electron chi connectivity index (χ2n) is 5.03. The molecule has 0 amide bonds. The van der Waals surface area contributed by atoms with Gasteiger partial charge in [0.1, 0.15) is 12.3 Å². The van der Waals surface area contributed by atoms with E-state index >= 15 is 0 Å². The van der Waals surface area contributed by atoms with E-state index in [4.69, 9.17) is 14.2 Å². The van der Waals surface area contributed by atoms with Crippen molar-refractivity contribution in [1.82, 2.24) is 10.2 Å². The molecule has 0 radical (unpaired) electrons. The molecule has 0 aliphatic carbocycles. The largest absolute Gasteiger partial charge is 0.493 e. The van der Waals surface area contributed by atoms with E-state index in [2.05, 4.69) is 10.2 Å². The number of hydrogen-bond acceptors (Lipinski definition) is 4. The molecule has 0 aliphatic heterocycles. The number of ether oxygens (including phenoxy) is 3. The van der Waals surface area contributed by atoms with Gasteiger partial charge in [0.05, 0.1) is 19.9 Å². The van der Waals surface area contributed by atoms with Crippen molar-refractivity contribution in [2.45, 2.75) is 6.61 Å². The van der Waals surface area contributed by atoms with E-state index in [0.717, 1.165) is 11.3 Å². The molecular formula is C18H17FN2O3. The number of benzene rings is 2. The van der Waals surface area contributed by atoms with Crippen molar-refractivity contribution in [1.29, 1.82) is 0 Å². The molecule has 124 valence electrons. The lowest BCUT2D eigenvalue weighted by atomic mass is 10.1. The minimum Gasteiger partial charge on any atom is -0.493 e. The van der Waals surface area contributed by atoms with Crippen molar-refractivity contribution in [2.24, 2.45) is 0 Å². The molecule has 0 fully saturated rings. The first kappa shape index (κ1) is 15.9. The zero-order valence-electron chi connectivity index (χ0n) is 13.4. The van der Waals surface area contributed by atoms with Crippen molar-refractivity contribution < 1.29 is 18.6 Å². The number of halogens is 1. The first-order valence-corrected chi connectivity index (χ1v) is 7.36. The van der Waals surface area contributed by atoms with Gasteiger partial charge in [-0.25, -0.2) is 4.39 Å². The summed E-state index contributed by atoms with van der Waals surface area (Å²) >= 11 is 0. The summed E-state index contributed by atoms with van der Waals surface area (Å²) in [5.74, 6) is 1.04. The fourth-order valence-corrected chi connectivity index (χ4v) is 2.39. The van der Waals surface area contributed by atoms with Crippen LogP contribution in [0.3, 0.4) is 0 Å². The highest BCUT2D eigenvalue weighted by Crippen LogP contribution is 2.37. The molecule has 1 heterocycles. The summed E-state index contributed by atoms with van der Waals surface area (Å²) in [7, 11) is 3.17. The maximum atomic E-state index is 13.6. The Balaban J connectivity index is 1.80. The molecule has 3 aromatic rings. The van der Waals surface area contributed by atoms with Crippen molar-refractivity contribution in [3.05, 3.63) is 60.0 Å². The Kier molecular flexibility index (Phi) is 4.65. The Hall–Kier alpha value is -3.02. The Morgan fingerprint density at radius 2 is 1.79 bits per heavy atom. The lowest BCUT2D eigenvalue weighted by Crippen LogP contribution is -1.97. The number of H-pyrrole nitrogens is 1. The number of nitrogens with zero attached hydrogens (tertiary/aromatic N) is 1. The van der Waals surface area contributed by atoms with Crippen LogP contribution in [0.4, 0.5) is 4.39 Å². The van der Waals surface area contributed by atoms with Crippen LogP contribution in [-0.4, -0.2) is 24.4 Å². The molecule has 0 unspecified atom stereocenters. The summed E-state index contributed by atoms with van der Waals surface area (Å²) in [6.07, 6.45) is 0. The van der Waals surface area contributed by atoms with Gasteiger partial charge in [-0.2, -0.15) is 5.10 Å². The maximum absolute atomic E-state index is 13.6. The average Bonchev–Trinajstić information content (AvgIpc) is 3.09. The van der Waals surface area contributed by atoms with E-state index < -0.39 is 5.82 Å². The predicted octanol–water partition coefficient (Wildman–Crippen LogP) is 3.81. The second kappa shape index (κ2) is 7.04. The lowest BCUT2D eigenvalue weighted by Gasteiger charge is -2.10. The van der Waals surface area contributed by atoms with Gasteiger partial charge in [0.2, 0.25) is 0 Å². The molecule has 0 aliphatic rings. The van der Waals surface area contributed by atoms with Crippen LogP contribution >= 0.6 is 0 Å². The monoisotopic (exact) mass is 328 g/mol. The number of methoxy groups -OCH3 is 2. The number of aromatic nitrogens is 2. The van der Waals surface area contributed by atoms with Crippen LogP contribution < -0.4 is 14.2 Å². The van der Waals surface area contributed by atoms with Gasteiger partial charge in [-0.1, -0.05) is 18.2 Å². The molecule has 0 bridgehead atoms. The molecule has 0 saturated carbocycles. The number of nitrogens with one attached hydrogen (secondary N) is 1. The summed E-state index contributed by atoms with van der Waals surface area (Å²) in [5, 5.41) is 7.14. The van der Waals surface area contributed by atoms with Gasteiger partial charge >= 0.3 is 0 Å². The number of aromatic amines is 1. The minimum absolute atomic E-state index is 0.156. The van der Waals surface area contributed by atoms with Gasteiger partial charge < -0.3 is 14.2 Å². The minimum atomic E-state index is -0.400. The van der Waals surface area contributed by atoms with Crippen LogP contribution in [0.2, 0.25) is 0 Å². The Bertz CT molecular complexity index is 833. The van der Waals surface area contributed by atoms with Crippen LogP contribution in [0.1, 0.15) is 5.69 Å². The topological polar surface area (TPSA) is 56.4 Å². The molecule has 0 saturated heterocycles. The highest BCUT2D eigenvalue weighted by Gasteiger charge is 2.14. The summed E-state index contributed by atoms with van der Waals surface area (Å²) < 4.78 is 29.7. The SMILES string of the molecule is COc1cccc(-c2cc(COc3ccccc3F)n[nH]2)c1OC. The fraction of sp³-hybridized carbons (Fsp3) is 0.167. The van der Waals surface area contributed by atoms with Crippen LogP contribution in [0.5, 0.6) is 17.2 Å². The van der Waals surface area contributed by atoms with E-state index in [1.54, 1.807) is 32.4 Å². The Labute approximate surface area is 139 Å². The highest BCUT2D eigenvalue weighted by molar-refractivity contribution is 5.71. The highest BCUT2D eigenvalue weighted by atomic mass is 19.1. The molecule has 0 spiro atoms. The molecule has 2 aromatic carbocycles. The first-order chi connectivity index (χ1) is 11.7. The third-order valence-corrected chi connectivity index (χ3v) is 3.54. The molecule has 6 heteroatoms. The third-order valence-electron chi connectivity index (χ3n) is 3.54. The molecule has 0 atom stereocenters. The van der Waals surface area contributed by atoms with Crippen molar-refractivity contribution in [2.75, 3.05) is 14.2 Å². The maximum Gasteiger partial charge on any atom is 0.170 e. The van der Waals surface area contributed by atoms with Crippen molar-refractivity contribution in [3.63, 3.8) is 0 Å². The van der Waals surface area contributed by atoms with Crippen LogP contribution in [0.15, 0.2) is 48.5 Å². The smallest absolute Gasteiger partial charge is 0.170 e. The van der Waals surface area contributed by atoms with Gasteiger partial charge in [0.15, 0.2) is 23.1 Å². The van der Waals surface area contributed by atoms with E-state index in [-0.39, 0.29) is 12.4 Å². The second-order valence-corrected chi connectivity index (χ2v) is 5.03. The van der Waals surface area contributed by atoms with Crippen LogP contribution in [0, 0.1) is 5.82 Å². The average molecular weight is 328 g/mol. The number of para-hydroxylation sites is 2. The molecule has 1 N–H and O–H groups in total. The summed E-state index contributed by atoms with van der Waals surface area (Å²) in [4.78, 5) is 0. The molecule has 5 nitrogen and oxygen atoms in total. The molecule has 24 heavy (non-hydrogen) atoms. The summed E-state index contributed by atoms with van der Waals surface area (Å²) in [6, 6.07) is 13.7. The first-order valence-electron chi connectivity index (χ1n) is 7.36. The van der Waals surface area contributed by atoms with E-state index in [1.165, 1.54) is 6.07 Å². The quantitative estimate of drug-likeness (QED) is 0.747. The van der Waals surface area contributed by atoms with E-state index in [9.17, 15) is 4.39 Å². The van der Waals surface area contributed by atoms with Crippen molar-refractivity contribution in [3.8, 4) is 28.5 Å². The van der Waals surface area contributed by atoms with Crippen LogP contribution in [-0.2, 0) is 6.61 Å². The normalized spacial score (nSPS) is 10.5. The van der Waals surface area contributed by atoms with E-state index in [0.29, 0.717) is 17.2 Å². The summed E-state index contributed by atoms with van der Waals surface area (Å²) in [5.41, 5.74) is 2.23. The molecule has 3 rings (SSSR count). The van der Waals surface area contributed by atoms with Gasteiger partial charge in [0.25, 0.3) is 0 Å². The Morgan fingerprint density at radius 3 is 2.54 bits per heavy atom. The Morgan fingerprint density at radius 1 is 1.00 bits per heavy atom. The van der Waals surface area contributed by atoms with Gasteiger partial charge in [-0.3, -0.25) is 5.10 Å². The van der Waals surface area contributed by atoms with Crippen molar-refractivity contribution >= 4 is 0 Å². The zero-order chi connectivity index (χ0) is 16.9. The molecule has 1 aromatic heterocycles. The summed E-state index contributed by atoms with van der Waals surface area (Å²) in [6.45, 7) is 0.156. The van der Waals surface area contributed by atoms with Gasteiger partial charge in [-0.05, 0) is 30.3 Å². The third kappa shape index (κ3) is 3.17. The van der Waals surface area contributed by atoms with E-state index in [1.807, 2.05) is 24.3 Å². The lowest BCUT2D eigenvalue weighted by molar-refractivity contribution is 0.286. The molecular weight excluding hydrogens is 311 g/mol. The standard InChI is InChI=1S/C18H17FN2O3/c1-22-17-9-5-6-13(18(17)23-2)15-10-12(20-21-15)11-24-16-8-4-3-7-14(16)19/h3-10H,11H2,1-2H3,(H,20,21). The number of rotatable bonds is 6. The van der Waals surface area contributed by atoms with Gasteiger partial charge in [0, 0.05) is 5.56 Å². The zero-order valence-corrected chi connectivity index (χ0v) is 13.4.